The average molecular weight is 736 g/mol. The van der Waals surface area contributed by atoms with E-state index < -0.39 is 0 Å². The minimum atomic E-state index is -0.107. The van der Waals surface area contributed by atoms with Crippen molar-refractivity contribution in [2.24, 2.45) is 0 Å². The zero-order valence-electron chi connectivity index (χ0n) is 33.2. The number of hydrogen-bond donors (Lipinski definition) is 0. The highest BCUT2D eigenvalue weighted by Crippen LogP contribution is 2.52. The van der Waals surface area contributed by atoms with Crippen molar-refractivity contribution in [2.75, 3.05) is 4.90 Å². The van der Waals surface area contributed by atoms with E-state index in [1.165, 1.54) is 55.7 Å². The highest BCUT2D eigenvalue weighted by molar-refractivity contribution is 6.03. The SMILES string of the molecule is C=Cc1c(C2=C(C)C(C)(C)c3ccccc32)oc2c(-c3ccc(N(c4ccc(-c5ccccc5)cc4)c4ccc5c(c4)C(C)(C)c4ccccc4-5)cc3)cccc12. The zero-order chi connectivity index (χ0) is 39.1. The molecular formula is C55H45NO. The molecule has 0 atom stereocenters. The van der Waals surface area contributed by atoms with Crippen molar-refractivity contribution in [1.82, 2.24) is 0 Å². The van der Waals surface area contributed by atoms with Gasteiger partial charge in [0.05, 0.1) is 0 Å². The second kappa shape index (κ2) is 13.0. The second-order valence-corrected chi connectivity index (χ2v) is 16.6. The van der Waals surface area contributed by atoms with Crippen LogP contribution in [0, 0.1) is 0 Å². The molecule has 0 fully saturated rings. The van der Waals surface area contributed by atoms with Gasteiger partial charge in [0.15, 0.2) is 0 Å². The molecule has 0 saturated heterocycles. The van der Waals surface area contributed by atoms with E-state index in [0.717, 1.165) is 50.5 Å². The highest BCUT2D eigenvalue weighted by Gasteiger charge is 2.38. The summed E-state index contributed by atoms with van der Waals surface area (Å²) >= 11 is 0. The predicted molar refractivity (Wildman–Crippen MR) is 241 cm³/mol. The summed E-state index contributed by atoms with van der Waals surface area (Å²) in [6, 6.07) is 59.5. The molecule has 1 heterocycles. The molecule has 2 aliphatic carbocycles. The Morgan fingerprint density at radius 1 is 0.491 bits per heavy atom. The van der Waals surface area contributed by atoms with Crippen LogP contribution in [0.25, 0.3) is 56.0 Å². The predicted octanol–water partition coefficient (Wildman–Crippen LogP) is 15.3. The van der Waals surface area contributed by atoms with Gasteiger partial charge in [-0.1, -0.05) is 173 Å². The summed E-state index contributed by atoms with van der Waals surface area (Å²) in [5, 5.41) is 1.07. The van der Waals surface area contributed by atoms with Gasteiger partial charge in [-0.2, -0.15) is 0 Å². The van der Waals surface area contributed by atoms with E-state index in [9.17, 15) is 0 Å². The van der Waals surface area contributed by atoms with Crippen molar-refractivity contribution in [3.63, 3.8) is 0 Å². The molecule has 0 spiro atoms. The van der Waals surface area contributed by atoms with E-state index in [-0.39, 0.29) is 10.8 Å². The number of anilines is 3. The van der Waals surface area contributed by atoms with Crippen molar-refractivity contribution in [3.8, 4) is 33.4 Å². The van der Waals surface area contributed by atoms with E-state index in [0.29, 0.717) is 0 Å². The molecule has 0 amide bonds. The maximum absolute atomic E-state index is 6.99. The van der Waals surface area contributed by atoms with Crippen molar-refractivity contribution in [1.29, 1.82) is 0 Å². The van der Waals surface area contributed by atoms with Gasteiger partial charge in [0.1, 0.15) is 11.3 Å². The Balaban J connectivity index is 1.08. The normalized spacial score (nSPS) is 14.7. The van der Waals surface area contributed by atoms with Crippen LogP contribution in [0.5, 0.6) is 0 Å². The third-order valence-corrected chi connectivity index (χ3v) is 12.9. The summed E-state index contributed by atoms with van der Waals surface area (Å²) in [7, 11) is 0. The summed E-state index contributed by atoms with van der Waals surface area (Å²) < 4.78 is 6.99. The molecule has 276 valence electrons. The van der Waals surface area contributed by atoms with E-state index in [1.807, 2.05) is 6.08 Å². The largest absolute Gasteiger partial charge is 0.455 e. The number of rotatable bonds is 7. The molecule has 0 N–H and O–H groups in total. The quantitative estimate of drug-likeness (QED) is 0.162. The van der Waals surface area contributed by atoms with Gasteiger partial charge >= 0.3 is 0 Å². The molecule has 7 aromatic carbocycles. The summed E-state index contributed by atoms with van der Waals surface area (Å²) in [5.41, 5.74) is 20.0. The third kappa shape index (κ3) is 5.31. The number of allylic oxidation sites excluding steroid dienone is 1. The Bertz CT molecular complexity index is 2900. The summed E-state index contributed by atoms with van der Waals surface area (Å²) in [6.45, 7) is 15.8. The Labute approximate surface area is 336 Å². The van der Waals surface area contributed by atoms with Crippen LogP contribution in [0.3, 0.4) is 0 Å². The molecule has 2 heteroatoms. The number of furan rings is 1. The molecule has 8 aromatic rings. The van der Waals surface area contributed by atoms with Crippen LogP contribution in [-0.2, 0) is 10.8 Å². The molecule has 2 aliphatic rings. The van der Waals surface area contributed by atoms with Crippen LogP contribution >= 0.6 is 0 Å². The van der Waals surface area contributed by atoms with E-state index >= 15 is 0 Å². The van der Waals surface area contributed by atoms with E-state index in [1.54, 1.807) is 0 Å². The van der Waals surface area contributed by atoms with Gasteiger partial charge in [-0.25, -0.2) is 0 Å². The van der Waals surface area contributed by atoms with Crippen LogP contribution in [0.2, 0.25) is 0 Å². The molecule has 10 rings (SSSR count). The average Bonchev–Trinajstić information content (AvgIpc) is 3.80. The lowest BCUT2D eigenvalue weighted by molar-refractivity contribution is 0.597. The number of fused-ring (bicyclic) bond motifs is 5. The molecule has 0 aliphatic heterocycles. The van der Waals surface area contributed by atoms with Gasteiger partial charge in [0.2, 0.25) is 0 Å². The van der Waals surface area contributed by atoms with Crippen molar-refractivity contribution in [2.45, 2.75) is 45.4 Å². The molecule has 1 aromatic heterocycles. The first-order valence-electron chi connectivity index (χ1n) is 20.0. The van der Waals surface area contributed by atoms with Gasteiger partial charge in [0.25, 0.3) is 0 Å². The Morgan fingerprint density at radius 3 is 1.72 bits per heavy atom. The number of benzene rings is 7. The fraction of sp³-hybridized carbons (Fsp3) is 0.127. The van der Waals surface area contributed by atoms with Gasteiger partial charge < -0.3 is 9.32 Å². The van der Waals surface area contributed by atoms with Crippen molar-refractivity contribution >= 4 is 39.7 Å². The van der Waals surface area contributed by atoms with E-state index in [4.69, 9.17) is 4.42 Å². The molecule has 0 radical (unpaired) electrons. The molecule has 57 heavy (non-hydrogen) atoms. The fourth-order valence-corrected chi connectivity index (χ4v) is 9.51. The Morgan fingerprint density at radius 2 is 1.04 bits per heavy atom. The minimum Gasteiger partial charge on any atom is -0.455 e. The van der Waals surface area contributed by atoms with Crippen LogP contribution < -0.4 is 4.90 Å². The molecule has 2 nitrogen and oxygen atoms in total. The number of nitrogens with zero attached hydrogens (tertiary/aromatic N) is 1. The van der Waals surface area contributed by atoms with Gasteiger partial charge in [-0.05, 0) is 93.4 Å². The topological polar surface area (TPSA) is 16.4 Å². The van der Waals surface area contributed by atoms with Gasteiger partial charge in [0, 0.05) is 50.0 Å². The Kier molecular flexibility index (Phi) is 7.92. The summed E-state index contributed by atoms with van der Waals surface area (Å²) in [6.07, 6.45) is 1.96. The van der Waals surface area contributed by atoms with Crippen LogP contribution in [0.4, 0.5) is 17.1 Å². The van der Waals surface area contributed by atoms with Crippen molar-refractivity contribution < 1.29 is 4.42 Å². The zero-order valence-corrected chi connectivity index (χ0v) is 33.2. The lowest BCUT2D eigenvalue weighted by atomic mass is 9.82. The summed E-state index contributed by atoms with van der Waals surface area (Å²) in [5.74, 6) is 0.895. The maximum atomic E-state index is 6.99. The smallest absolute Gasteiger partial charge is 0.143 e. The molecule has 0 bridgehead atoms. The minimum absolute atomic E-state index is 0.0890. The highest BCUT2D eigenvalue weighted by atomic mass is 16.3. The van der Waals surface area contributed by atoms with E-state index in [2.05, 4.69) is 210 Å². The lowest BCUT2D eigenvalue weighted by Gasteiger charge is -2.28. The fourth-order valence-electron chi connectivity index (χ4n) is 9.51. The second-order valence-electron chi connectivity index (χ2n) is 16.6. The van der Waals surface area contributed by atoms with Gasteiger partial charge in [-0.3, -0.25) is 0 Å². The number of para-hydroxylation sites is 1. The first-order valence-corrected chi connectivity index (χ1v) is 20.0. The monoisotopic (exact) mass is 735 g/mol. The first kappa shape index (κ1) is 34.8. The molecular weight excluding hydrogens is 691 g/mol. The van der Waals surface area contributed by atoms with Crippen LogP contribution in [0.15, 0.2) is 180 Å². The first-order chi connectivity index (χ1) is 27.7. The van der Waals surface area contributed by atoms with Gasteiger partial charge in [-0.15, -0.1) is 0 Å². The van der Waals surface area contributed by atoms with Crippen molar-refractivity contribution in [3.05, 3.63) is 210 Å². The molecule has 0 unspecified atom stereocenters. The standard InChI is InChI=1S/C55H45NO/c1-7-42-46-21-15-20-43(52(46)57-53(42)51-35(2)54(3,4)49-23-14-12-19-47(49)51)38-26-30-40(31-27-38)56(39-28-24-37(25-29-39)36-16-9-8-10-17-36)41-32-33-45-44-18-11-13-22-48(44)55(5,6)50(45)34-41/h7-34H,1H2,2-6H3. The van der Waals surface area contributed by atoms with Crippen LogP contribution in [0.1, 0.15) is 68.2 Å². The Hall–Kier alpha value is -6.64. The van der Waals surface area contributed by atoms with Crippen LogP contribution in [-0.4, -0.2) is 0 Å². The maximum Gasteiger partial charge on any atom is 0.143 e. The summed E-state index contributed by atoms with van der Waals surface area (Å²) in [4.78, 5) is 2.38. The molecule has 0 saturated carbocycles. The number of hydrogen-bond acceptors (Lipinski definition) is 2. The third-order valence-electron chi connectivity index (χ3n) is 12.9. The lowest BCUT2D eigenvalue weighted by Crippen LogP contribution is -2.16.